The number of fused-ring (bicyclic) bond motifs is 1. The average Bonchev–Trinajstić information content (AvgIpc) is 2.82. The molecule has 0 atom stereocenters. The summed E-state index contributed by atoms with van der Waals surface area (Å²) in [6.07, 6.45) is 0. The predicted octanol–water partition coefficient (Wildman–Crippen LogP) is 4.20. The van der Waals surface area contributed by atoms with Crippen LogP contribution in [0, 0.1) is 0 Å². The first kappa shape index (κ1) is 11.8. The summed E-state index contributed by atoms with van der Waals surface area (Å²) in [5, 5.41) is 0. The highest BCUT2D eigenvalue weighted by Crippen LogP contribution is 2.30. The Bertz CT molecular complexity index is 728. The number of oxazole rings is 1. The number of benzene rings is 2. The number of hydrogen-bond acceptors (Lipinski definition) is 3. The normalized spacial score (nSPS) is 11.3. The van der Waals surface area contributed by atoms with Gasteiger partial charge in [-0.15, -0.1) is 0 Å². The topological polar surface area (TPSA) is 52.0 Å². The quantitative estimate of drug-likeness (QED) is 0.695. The van der Waals surface area contributed by atoms with E-state index in [2.05, 4.69) is 24.9 Å². The number of nitrogens with zero attached hydrogens (tertiary/aromatic N) is 1. The number of hydrogen-bond donors (Lipinski definition) is 1. The van der Waals surface area contributed by atoms with Crippen molar-refractivity contribution in [3.63, 3.8) is 0 Å². The molecule has 96 valence electrons. The van der Waals surface area contributed by atoms with E-state index in [0.29, 0.717) is 17.5 Å². The second kappa shape index (κ2) is 4.43. The van der Waals surface area contributed by atoms with Gasteiger partial charge in [0.25, 0.3) is 0 Å². The van der Waals surface area contributed by atoms with Gasteiger partial charge in [-0.3, -0.25) is 0 Å². The Labute approximate surface area is 112 Å². The Kier molecular flexibility index (Phi) is 2.75. The maximum Gasteiger partial charge on any atom is 0.227 e. The molecule has 2 aromatic carbocycles. The molecule has 0 amide bonds. The van der Waals surface area contributed by atoms with Crippen molar-refractivity contribution in [3.05, 3.63) is 48.0 Å². The molecule has 0 aliphatic heterocycles. The summed E-state index contributed by atoms with van der Waals surface area (Å²) in [7, 11) is 0. The summed E-state index contributed by atoms with van der Waals surface area (Å²) < 4.78 is 5.93. The van der Waals surface area contributed by atoms with Crippen molar-refractivity contribution < 1.29 is 4.42 Å². The molecule has 0 aliphatic carbocycles. The molecular weight excluding hydrogens is 236 g/mol. The maximum absolute atomic E-state index is 5.93. The van der Waals surface area contributed by atoms with Crippen molar-refractivity contribution in [2.45, 2.75) is 19.8 Å². The van der Waals surface area contributed by atoms with Crippen molar-refractivity contribution in [2.24, 2.45) is 0 Å². The molecule has 3 rings (SSSR count). The smallest absolute Gasteiger partial charge is 0.227 e. The van der Waals surface area contributed by atoms with E-state index in [-0.39, 0.29) is 0 Å². The molecule has 1 heterocycles. The van der Waals surface area contributed by atoms with Gasteiger partial charge in [-0.2, -0.15) is 0 Å². The van der Waals surface area contributed by atoms with Crippen LogP contribution < -0.4 is 5.73 Å². The summed E-state index contributed by atoms with van der Waals surface area (Å²) in [5.74, 6) is 1.03. The van der Waals surface area contributed by atoms with Gasteiger partial charge in [0.05, 0.1) is 0 Å². The first-order valence-electron chi connectivity index (χ1n) is 6.40. The van der Waals surface area contributed by atoms with E-state index < -0.39 is 0 Å². The minimum atomic E-state index is 0.408. The van der Waals surface area contributed by atoms with Crippen LogP contribution in [0.5, 0.6) is 0 Å². The van der Waals surface area contributed by atoms with Gasteiger partial charge < -0.3 is 10.2 Å². The van der Waals surface area contributed by atoms with Gasteiger partial charge in [0, 0.05) is 11.3 Å². The van der Waals surface area contributed by atoms with Crippen LogP contribution in [0.4, 0.5) is 5.69 Å². The summed E-state index contributed by atoms with van der Waals surface area (Å²) in [4.78, 5) is 4.54. The van der Waals surface area contributed by atoms with Gasteiger partial charge in [0.15, 0.2) is 5.58 Å². The lowest BCUT2D eigenvalue weighted by molar-refractivity contribution is 0.611. The molecule has 0 unspecified atom stereocenters. The minimum absolute atomic E-state index is 0.408. The van der Waals surface area contributed by atoms with Crippen LogP contribution in [0.1, 0.15) is 25.3 Å². The number of nitrogen functional groups attached to an aromatic ring is 1. The molecule has 0 radical (unpaired) electrons. The Balaban J connectivity index is 2.19. The molecule has 19 heavy (non-hydrogen) atoms. The minimum Gasteiger partial charge on any atom is -0.436 e. The third-order valence-electron chi connectivity index (χ3n) is 3.20. The molecule has 2 N–H and O–H groups in total. The van der Waals surface area contributed by atoms with E-state index in [4.69, 9.17) is 10.2 Å². The molecule has 0 fully saturated rings. The predicted molar refractivity (Wildman–Crippen MR) is 77.9 cm³/mol. The molecular formula is C16H16N2O. The van der Waals surface area contributed by atoms with E-state index in [0.717, 1.165) is 16.7 Å². The molecule has 3 heteroatoms. The molecule has 1 aromatic heterocycles. The van der Waals surface area contributed by atoms with E-state index in [1.165, 1.54) is 5.56 Å². The second-order valence-corrected chi connectivity index (χ2v) is 4.99. The Morgan fingerprint density at radius 1 is 1.11 bits per heavy atom. The molecule has 3 nitrogen and oxygen atoms in total. The largest absolute Gasteiger partial charge is 0.436 e. The fourth-order valence-corrected chi connectivity index (χ4v) is 2.22. The molecule has 0 aliphatic rings. The van der Waals surface area contributed by atoms with Gasteiger partial charge in [-0.05, 0) is 35.7 Å². The molecule has 3 aromatic rings. The van der Waals surface area contributed by atoms with Crippen LogP contribution in [0.15, 0.2) is 46.9 Å². The lowest BCUT2D eigenvalue weighted by atomic mass is 10.0. The van der Waals surface area contributed by atoms with Crippen molar-refractivity contribution >= 4 is 16.8 Å². The fourth-order valence-electron chi connectivity index (χ4n) is 2.22. The van der Waals surface area contributed by atoms with Gasteiger partial charge in [0.1, 0.15) is 5.52 Å². The zero-order valence-electron chi connectivity index (χ0n) is 11.1. The van der Waals surface area contributed by atoms with E-state index in [1.807, 2.05) is 36.4 Å². The van der Waals surface area contributed by atoms with Crippen LogP contribution in [-0.2, 0) is 0 Å². The first-order chi connectivity index (χ1) is 9.15. The van der Waals surface area contributed by atoms with Crippen molar-refractivity contribution in [1.82, 2.24) is 4.98 Å². The zero-order chi connectivity index (χ0) is 13.4. The van der Waals surface area contributed by atoms with Crippen molar-refractivity contribution in [1.29, 1.82) is 0 Å². The number of aromatic nitrogens is 1. The highest BCUT2D eigenvalue weighted by atomic mass is 16.3. The molecule has 0 saturated carbocycles. The van der Waals surface area contributed by atoms with Gasteiger partial charge >= 0.3 is 0 Å². The van der Waals surface area contributed by atoms with E-state index >= 15 is 0 Å². The highest BCUT2D eigenvalue weighted by Gasteiger charge is 2.13. The summed E-state index contributed by atoms with van der Waals surface area (Å²) in [5.41, 5.74) is 10.4. The van der Waals surface area contributed by atoms with Gasteiger partial charge in [-0.1, -0.05) is 32.0 Å². The lowest BCUT2D eigenvalue weighted by Gasteiger charge is -2.03. The molecule has 0 spiro atoms. The lowest BCUT2D eigenvalue weighted by Crippen LogP contribution is -1.86. The third-order valence-corrected chi connectivity index (χ3v) is 3.20. The zero-order valence-corrected chi connectivity index (χ0v) is 11.1. The number of nitrogens with two attached hydrogens (primary N) is 1. The Hall–Kier alpha value is -2.29. The maximum atomic E-state index is 5.93. The number of rotatable bonds is 2. The monoisotopic (exact) mass is 252 g/mol. The number of para-hydroxylation sites is 1. The average molecular weight is 252 g/mol. The van der Waals surface area contributed by atoms with Crippen molar-refractivity contribution in [3.8, 4) is 11.5 Å². The first-order valence-corrected chi connectivity index (χ1v) is 6.40. The molecule has 0 bridgehead atoms. The summed E-state index contributed by atoms with van der Waals surface area (Å²) in [6.45, 7) is 4.30. The van der Waals surface area contributed by atoms with Crippen molar-refractivity contribution in [2.75, 3.05) is 5.73 Å². The summed E-state index contributed by atoms with van der Waals surface area (Å²) in [6, 6.07) is 13.7. The van der Waals surface area contributed by atoms with Gasteiger partial charge in [-0.25, -0.2) is 4.98 Å². The molecule has 0 saturated heterocycles. The fraction of sp³-hybridized carbons (Fsp3) is 0.188. The van der Waals surface area contributed by atoms with Crippen LogP contribution >= 0.6 is 0 Å². The second-order valence-electron chi connectivity index (χ2n) is 4.99. The number of anilines is 1. The van der Waals surface area contributed by atoms with Crippen LogP contribution in [0.3, 0.4) is 0 Å². The highest BCUT2D eigenvalue weighted by molar-refractivity contribution is 5.80. The van der Waals surface area contributed by atoms with Gasteiger partial charge in [0.2, 0.25) is 5.89 Å². The summed E-state index contributed by atoms with van der Waals surface area (Å²) >= 11 is 0. The van der Waals surface area contributed by atoms with Crippen LogP contribution in [-0.4, -0.2) is 4.98 Å². The SMILES string of the molecule is CC(C)c1cccc2nc(-c3cccc(N)c3)oc12. The Morgan fingerprint density at radius 2 is 1.89 bits per heavy atom. The van der Waals surface area contributed by atoms with Crippen LogP contribution in [0.2, 0.25) is 0 Å². The third kappa shape index (κ3) is 2.08. The Morgan fingerprint density at radius 3 is 2.63 bits per heavy atom. The van der Waals surface area contributed by atoms with E-state index in [1.54, 1.807) is 0 Å². The standard InChI is InChI=1S/C16H16N2O/c1-10(2)13-7-4-8-14-15(13)19-16(18-14)11-5-3-6-12(17)9-11/h3-10H,17H2,1-2H3. The van der Waals surface area contributed by atoms with E-state index in [9.17, 15) is 0 Å². The van der Waals surface area contributed by atoms with Crippen LogP contribution in [0.25, 0.3) is 22.6 Å².